The Bertz CT molecular complexity index is 788. The molecule has 0 amide bonds. The molecule has 1 aliphatic heterocycles. The third-order valence-electron chi connectivity index (χ3n) is 3.61. The Labute approximate surface area is 145 Å². The van der Waals surface area contributed by atoms with Gasteiger partial charge >= 0.3 is 6.18 Å². The second-order valence-corrected chi connectivity index (χ2v) is 6.22. The zero-order valence-electron chi connectivity index (χ0n) is 12.0. The number of anilines is 1. The molecule has 2 aromatic rings. The molecule has 126 valence electrons. The van der Waals surface area contributed by atoms with E-state index in [1.165, 1.54) is 18.2 Å². The zero-order chi connectivity index (χ0) is 17.5. The summed E-state index contributed by atoms with van der Waals surface area (Å²) in [6.45, 7) is 0. The number of hydrogen-bond acceptors (Lipinski definition) is 3. The van der Waals surface area contributed by atoms with Crippen LogP contribution in [0.15, 0.2) is 47.6 Å². The van der Waals surface area contributed by atoms with Crippen molar-refractivity contribution in [2.45, 2.75) is 18.2 Å². The van der Waals surface area contributed by atoms with Gasteiger partial charge in [-0.25, -0.2) is 0 Å². The van der Waals surface area contributed by atoms with Crippen LogP contribution >= 0.6 is 23.2 Å². The van der Waals surface area contributed by atoms with Crippen molar-refractivity contribution < 1.29 is 18.0 Å². The normalized spacial score (nSPS) is 20.6. The highest BCUT2D eigenvalue weighted by atomic mass is 35.5. The minimum absolute atomic E-state index is 0.128. The van der Waals surface area contributed by atoms with Crippen LogP contribution in [0.2, 0.25) is 10.0 Å². The molecular weight excluding hydrogens is 364 g/mol. The molecule has 0 aliphatic carbocycles. The fourth-order valence-electron chi connectivity index (χ4n) is 2.64. The first-order chi connectivity index (χ1) is 11.3. The average Bonchev–Trinajstić information content (AvgIpc) is 2.91. The molecular formula is C16H11Cl2F3N2O. The van der Waals surface area contributed by atoms with Crippen LogP contribution in [0, 0.1) is 0 Å². The molecule has 3 nitrogen and oxygen atoms in total. The van der Waals surface area contributed by atoms with Gasteiger partial charge in [0.05, 0.1) is 11.6 Å². The highest BCUT2D eigenvalue weighted by molar-refractivity contribution is 6.34. The molecule has 2 unspecified atom stereocenters. The van der Waals surface area contributed by atoms with Gasteiger partial charge in [-0.15, -0.1) is 0 Å². The number of benzene rings is 2. The number of nitrogen functional groups attached to an aromatic ring is 1. The van der Waals surface area contributed by atoms with E-state index in [0.29, 0.717) is 11.3 Å². The number of rotatable bonds is 2. The summed E-state index contributed by atoms with van der Waals surface area (Å²) in [5, 5.41) is 4.13. The van der Waals surface area contributed by atoms with Crippen LogP contribution in [0.1, 0.15) is 17.0 Å². The fraction of sp³-hybridized carbons (Fsp3) is 0.188. The second-order valence-electron chi connectivity index (χ2n) is 5.35. The summed E-state index contributed by atoms with van der Waals surface area (Å²) in [6.07, 6.45) is -6.73. The molecule has 8 heteroatoms. The molecule has 0 radical (unpaired) electrons. The first-order valence-electron chi connectivity index (χ1n) is 6.88. The lowest BCUT2D eigenvalue weighted by molar-refractivity contribution is -0.216. The lowest BCUT2D eigenvalue weighted by atomic mass is 9.85. The predicted molar refractivity (Wildman–Crippen MR) is 87.5 cm³/mol. The van der Waals surface area contributed by atoms with Gasteiger partial charge < -0.3 is 10.6 Å². The van der Waals surface area contributed by atoms with Gasteiger partial charge in [-0.2, -0.15) is 13.2 Å². The van der Waals surface area contributed by atoms with E-state index < -0.39 is 18.2 Å². The molecule has 2 N–H and O–H groups in total. The molecule has 3 rings (SSSR count). The van der Waals surface area contributed by atoms with Gasteiger partial charge in [-0.1, -0.05) is 40.5 Å². The minimum atomic E-state index is -4.61. The number of nitrogens with two attached hydrogens (primary N) is 1. The van der Waals surface area contributed by atoms with Gasteiger partial charge in [0.15, 0.2) is 0 Å². The quantitative estimate of drug-likeness (QED) is 0.749. The van der Waals surface area contributed by atoms with Crippen LogP contribution in [-0.4, -0.2) is 18.0 Å². The molecule has 1 aliphatic rings. The molecule has 0 saturated carbocycles. The highest BCUT2D eigenvalue weighted by Gasteiger charge is 2.53. The summed E-state index contributed by atoms with van der Waals surface area (Å²) in [6, 6.07) is 10.7. The van der Waals surface area contributed by atoms with Crippen molar-refractivity contribution in [2.24, 2.45) is 5.16 Å². The molecule has 0 bridgehead atoms. The largest absolute Gasteiger partial charge is 0.429 e. The molecule has 1 heterocycles. The number of hydrogen-bond donors (Lipinski definition) is 1. The molecule has 24 heavy (non-hydrogen) atoms. The Kier molecular flexibility index (Phi) is 4.36. The maximum atomic E-state index is 13.4. The van der Waals surface area contributed by atoms with Crippen LogP contribution in [0.3, 0.4) is 0 Å². The predicted octanol–water partition coefficient (Wildman–Crippen LogP) is 5.02. The topological polar surface area (TPSA) is 47.6 Å². The minimum Gasteiger partial charge on any atom is -0.399 e. The van der Waals surface area contributed by atoms with Gasteiger partial charge in [0.1, 0.15) is 0 Å². The van der Waals surface area contributed by atoms with Gasteiger partial charge in [0.2, 0.25) is 6.10 Å². The van der Waals surface area contributed by atoms with E-state index in [-0.39, 0.29) is 21.3 Å². The standard InChI is InChI=1S/C16H11Cl2F3N2O/c17-10-4-9(5-11(18)7-10)13-14(8-2-1-3-12(22)6-8)23-24-15(13)16(19,20)21/h1-7,13,15H,22H2. The van der Waals surface area contributed by atoms with Crippen molar-refractivity contribution in [1.82, 2.24) is 0 Å². The van der Waals surface area contributed by atoms with Gasteiger partial charge in [0.25, 0.3) is 0 Å². The summed E-state index contributed by atoms with van der Waals surface area (Å²) in [5.41, 5.74) is 6.98. The molecule has 2 atom stereocenters. The Balaban J connectivity index is 2.11. The fourth-order valence-corrected chi connectivity index (χ4v) is 3.18. The van der Waals surface area contributed by atoms with Crippen LogP contribution in [0.5, 0.6) is 0 Å². The summed E-state index contributed by atoms with van der Waals surface area (Å²) >= 11 is 11.9. The third kappa shape index (κ3) is 3.30. The van der Waals surface area contributed by atoms with E-state index in [1.807, 2.05) is 0 Å². The van der Waals surface area contributed by atoms with Gasteiger partial charge in [0, 0.05) is 21.3 Å². The number of halogens is 5. The van der Waals surface area contributed by atoms with Crippen LogP contribution in [-0.2, 0) is 4.84 Å². The summed E-state index contributed by atoms with van der Waals surface area (Å²) in [5.74, 6) is -1.19. The van der Waals surface area contributed by atoms with E-state index in [1.54, 1.807) is 24.3 Å². The maximum absolute atomic E-state index is 13.4. The van der Waals surface area contributed by atoms with Crippen molar-refractivity contribution in [3.8, 4) is 0 Å². The highest BCUT2D eigenvalue weighted by Crippen LogP contribution is 2.42. The van der Waals surface area contributed by atoms with E-state index in [2.05, 4.69) is 5.16 Å². The molecule has 2 aromatic carbocycles. The van der Waals surface area contributed by atoms with Gasteiger partial charge in [-0.05, 0) is 35.9 Å². The van der Waals surface area contributed by atoms with Gasteiger partial charge in [-0.3, -0.25) is 0 Å². The summed E-state index contributed by atoms with van der Waals surface area (Å²) in [4.78, 5) is 4.71. The summed E-state index contributed by atoms with van der Waals surface area (Å²) < 4.78 is 40.1. The Morgan fingerprint density at radius 1 is 1.04 bits per heavy atom. The first kappa shape index (κ1) is 16.9. The van der Waals surface area contributed by atoms with Crippen molar-refractivity contribution in [1.29, 1.82) is 0 Å². The van der Waals surface area contributed by atoms with Crippen LogP contribution < -0.4 is 5.73 Å². The molecule has 0 spiro atoms. The van der Waals surface area contributed by atoms with Crippen molar-refractivity contribution in [3.05, 3.63) is 63.6 Å². The van der Waals surface area contributed by atoms with E-state index in [4.69, 9.17) is 33.8 Å². The van der Waals surface area contributed by atoms with Crippen LogP contribution in [0.4, 0.5) is 18.9 Å². The van der Waals surface area contributed by atoms with Crippen LogP contribution in [0.25, 0.3) is 0 Å². The number of oxime groups is 1. The Morgan fingerprint density at radius 2 is 1.71 bits per heavy atom. The third-order valence-corrected chi connectivity index (χ3v) is 4.05. The molecule has 0 saturated heterocycles. The van der Waals surface area contributed by atoms with E-state index in [0.717, 1.165) is 0 Å². The number of nitrogens with zero attached hydrogens (tertiary/aromatic N) is 1. The number of alkyl halides is 3. The lowest BCUT2D eigenvalue weighted by Crippen LogP contribution is -2.35. The van der Waals surface area contributed by atoms with E-state index in [9.17, 15) is 13.2 Å². The zero-order valence-corrected chi connectivity index (χ0v) is 13.5. The average molecular weight is 375 g/mol. The Hall–Kier alpha value is -1.92. The van der Waals surface area contributed by atoms with E-state index >= 15 is 0 Å². The SMILES string of the molecule is Nc1cccc(C2=NOC(C(F)(F)F)C2c2cc(Cl)cc(Cl)c2)c1. The van der Waals surface area contributed by atoms with Crippen molar-refractivity contribution >= 4 is 34.6 Å². The molecule has 0 aromatic heterocycles. The molecule has 0 fully saturated rings. The van der Waals surface area contributed by atoms with Crippen molar-refractivity contribution in [3.63, 3.8) is 0 Å². The Morgan fingerprint density at radius 3 is 2.29 bits per heavy atom. The summed E-state index contributed by atoms with van der Waals surface area (Å²) in [7, 11) is 0. The lowest BCUT2D eigenvalue weighted by Gasteiger charge is -2.22. The smallest absolute Gasteiger partial charge is 0.399 e. The maximum Gasteiger partial charge on any atom is 0.429 e. The van der Waals surface area contributed by atoms with Crippen molar-refractivity contribution in [2.75, 3.05) is 5.73 Å². The second kappa shape index (κ2) is 6.18. The first-order valence-corrected chi connectivity index (χ1v) is 7.63. The monoisotopic (exact) mass is 374 g/mol.